The van der Waals surface area contributed by atoms with Gasteiger partial charge in [0.05, 0.1) is 29.4 Å². The van der Waals surface area contributed by atoms with Crippen LogP contribution in [0.15, 0.2) is 53.6 Å². The van der Waals surface area contributed by atoms with Crippen LogP contribution in [0.25, 0.3) is 16.9 Å². The van der Waals surface area contributed by atoms with Crippen LogP contribution < -0.4 is 10.9 Å². The third-order valence-corrected chi connectivity index (χ3v) is 4.04. The molecule has 2 N–H and O–H groups in total. The van der Waals surface area contributed by atoms with Crippen molar-refractivity contribution in [2.24, 2.45) is 0 Å². The minimum Gasteiger partial charge on any atom is -0.380 e. The number of amides is 1. The Morgan fingerprint density at radius 2 is 2.07 bits per heavy atom. The number of H-pyrrole nitrogens is 1. The fourth-order valence-electron chi connectivity index (χ4n) is 2.59. The summed E-state index contributed by atoms with van der Waals surface area (Å²) < 4.78 is 6.67. The van der Waals surface area contributed by atoms with E-state index in [1.807, 2.05) is 13.0 Å². The van der Waals surface area contributed by atoms with Crippen molar-refractivity contribution >= 4 is 5.91 Å². The topological polar surface area (TPSA) is 113 Å². The fraction of sp³-hybridized carbons (Fsp3) is 0.200. The molecule has 0 aliphatic carbocycles. The lowest BCUT2D eigenvalue weighted by molar-refractivity contribution is 0.0922. The largest absolute Gasteiger partial charge is 0.380 e. The smallest absolute Gasteiger partial charge is 0.272 e. The van der Waals surface area contributed by atoms with Gasteiger partial charge in [0.25, 0.3) is 11.5 Å². The molecule has 0 bridgehead atoms. The number of nitriles is 1. The highest BCUT2D eigenvalue weighted by molar-refractivity contribution is 5.93. The summed E-state index contributed by atoms with van der Waals surface area (Å²) in [5.41, 5.74) is 1.83. The van der Waals surface area contributed by atoms with Gasteiger partial charge in [-0.2, -0.15) is 5.26 Å². The number of nitrogens with zero attached hydrogens (tertiary/aromatic N) is 3. The van der Waals surface area contributed by atoms with Crippen molar-refractivity contribution in [3.8, 4) is 23.0 Å². The van der Waals surface area contributed by atoms with Crippen molar-refractivity contribution in [3.63, 3.8) is 0 Å². The predicted molar refractivity (Wildman–Crippen MR) is 103 cm³/mol. The molecule has 0 unspecified atom stereocenters. The molecule has 8 nitrogen and oxygen atoms in total. The molecule has 3 aromatic rings. The third-order valence-electron chi connectivity index (χ3n) is 4.04. The summed E-state index contributed by atoms with van der Waals surface area (Å²) in [6.07, 6.45) is 3.08. The minimum absolute atomic E-state index is 0.238. The standard InChI is InChI=1S/C20H19N5O3/c1-2-28-10-9-22-19(26)16-7-8-18(23-12-16)25-13-17(20(27)24-25)15-5-3-14(11-21)4-6-15/h3-8,12-13H,2,9-10H2,1H3,(H,22,26)(H,24,27). The SMILES string of the molecule is CCOCCNC(=O)c1ccc(-n2cc(-c3ccc(C#N)cc3)c(=O)[nH]2)nc1. The first-order chi connectivity index (χ1) is 13.6. The van der Waals surface area contributed by atoms with E-state index in [0.717, 1.165) is 0 Å². The summed E-state index contributed by atoms with van der Waals surface area (Å²) in [5.74, 6) is 0.237. The van der Waals surface area contributed by atoms with Gasteiger partial charge in [-0.25, -0.2) is 9.67 Å². The molecule has 2 heterocycles. The zero-order valence-corrected chi connectivity index (χ0v) is 15.3. The van der Waals surface area contributed by atoms with Crippen LogP contribution >= 0.6 is 0 Å². The summed E-state index contributed by atoms with van der Waals surface area (Å²) in [6.45, 7) is 3.37. The quantitative estimate of drug-likeness (QED) is 0.610. The predicted octanol–water partition coefficient (Wildman–Crippen LogP) is 1.87. The lowest BCUT2D eigenvalue weighted by Gasteiger charge is -2.06. The normalized spacial score (nSPS) is 10.4. The number of carbonyl (C=O) groups excluding carboxylic acids is 1. The van der Waals surface area contributed by atoms with Gasteiger partial charge in [0.15, 0.2) is 5.82 Å². The van der Waals surface area contributed by atoms with Crippen molar-refractivity contribution in [3.05, 3.63) is 70.3 Å². The van der Waals surface area contributed by atoms with Crippen LogP contribution in [0, 0.1) is 11.3 Å². The van der Waals surface area contributed by atoms with E-state index in [9.17, 15) is 9.59 Å². The van der Waals surface area contributed by atoms with E-state index >= 15 is 0 Å². The maximum atomic E-state index is 12.3. The van der Waals surface area contributed by atoms with Gasteiger partial charge < -0.3 is 10.1 Å². The van der Waals surface area contributed by atoms with Gasteiger partial charge in [-0.1, -0.05) is 12.1 Å². The average molecular weight is 377 g/mol. The summed E-state index contributed by atoms with van der Waals surface area (Å²) in [7, 11) is 0. The molecule has 8 heteroatoms. The number of hydrogen-bond acceptors (Lipinski definition) is 5. The number of aromatic amines is 1. The van der Waals surface area contributed by atoms with Gasteiger partial charge in [0.2, 0.25) is 0 Å². The Bertz CT molecular complexity index is 1040. The van der Waals surface area contributed by atoms with Gasteiger partial charge >= 0.3 is 0 Å². The third kappa shape index (κ3) is 4.34. The van der Waals surface area contributed by atoms with Gasteiger partial charge in [0, 0.05) is 25.5 Å². The van der Waals surface area contributed by atoms with Crippen LogP contribution in [0.2, 0.25) is 0 Å². The number of aromatic nitrogens is 3. The van der Waals surface area contributed by atoms with Crippen LogP contribution in [0.1, 0.15) is 22.8 Å². The maximum Gasteiger partial charge on any atom is 0.272 e. The lowest BCUT2D eigenvalue weighted by atomic mass is 10.1. The molecular formula is C20H19N5O3. The molecule has 1 aromatic carbocycles. The van der Waals surface area contributed by atoms with Gasteiger partial charge in [-0.05, 0) is 36.8 Å². The molecule has 0 saturated carbocycles. The van der Waals surface area contributed by atoms with Gasteiger partial charge in [0.1, 0.15) is 0 Å². The van der Waals surface area contributed by atoms with E-state index in [4.69, 9.17) is 10.00 Å². The molecule has 142 valence electrons. The first kappa shape index (κ1) is 19.1. The van der Waals surface area contributed by atoms with E-state index in [1.54, 1.807) is 42.6 Å². The number of benzene rings is 1. The maximum absolute atomic E-state index is 12.3. The molecular weight excluding hydrogens is 358 g/mol. The van der Waals surface area contributed by atoms with Crippen LogP contribution in [-0.2, 0) is 4.74 Å². The molecule has 0 radical (unpaired) electrons. The molecule has 0 aliphatic rings. The van der Waals surface area contributed by atoms with Gasteiger partial charge in [-0.3, -0.25) is 14.7 Å². The monoisotopic (exact) mass is 377 g/mol. The molecule has 28 heavy (non-hydrogen) atoms. The van der Waals surface area contributed by atoms with E-state index in [2.05, 4.69) is 15.4 Å². The second kappa shape index (κ2) is 8.79. The summed E-state index contributed by atoms with van der Waals surface area (Å²) >= 11 is 0. The molecule has 0 atom stereocenters. The Balaban J connectivity index is 1.74. The summed E-state index contributed by atoms with van der Waals surface area (Å²) in [4.78, 5) is 28.6. The molecule has 0 spiro atoms. The first-order valence-electron chi connectivity index (χ1n) is 8.77. The Kier molecular flexibility index (Phi) is 5.99. The summed E-state index contributed by atoms with van der Waals surface area (Å²) in [6, 6.07) is 12.1. The van der Waals surface area contributed by atoms with E-state index in [-0.39, 0.29) is 11.5 Å². The molecule has 0 fully saturated rings. The number of rotatable bonds is 7. The first-order valence-corrected chi connectivity index (χ1v) is 8.77. The van der Waals surface area contributed by atoms with E-state index < -0.39 is 0 Å². The number of nitrogens with one attached hydrogen (secondary N) is 2. The highest BCUT2D eigenvalue weighted by Gasteiger charge is 2.10. The molecule has 2 aromatic heterocycles. The lowest BCUT2D eigenvalue weighted by Crippen LogP contribution is -2.27. The average Bonchev–Trinajstić information content (AvgIpc) is 3.13. The Hall–Kier alpha value is -3.70. The van der Waals surface area contributed by atoms with Crippen LogP contribution in [-0.4, -0.2) is 40.4 Å². The number of ether oxygens (including phenoxy) is 1. The molecule has 0 saturated heterocycles. The highest BCUT2D eigenvalue weighted by atomic mass is 16.5. The number of carbonyl (C=O) groups is 1. The van der Waals surface area contributed by atoms with Crippen molar-refractivity contribution in [2.75, 3.05) is 19.8 Å². The van der Waals surface area contributed by atoms with E-state index in [0.29, 0.717) is 47.8 Å². The summed E-state index contributed by atoms with van der Waals surface area (Å²) in [5, 5.41) is 14.3. The van der Waals surface area contributed by atoms with Crippen molar-refractivity contribution < 1.29 is 9.53 Å². The van der Waals surface area contributed by atoms with E-state index in [1.165, 1.54) is 10.9 Å². The van der Waals surface area contributed by atoms with Crippen LogP contribution in [0.5, 0.6) is 0 Å². The molecule has 3 rings (SSSR count). The molecule has 0 aliphatic heterocycles. The number of pyridine rings is 1. The van der Waals surface area contributed by atoms with Crippen LogP contribution in [0.3, 0.4) is 0 Å². The number of hydrogen-bond donors (Lipinski definition) is 2. The zero-order valence-electron chi connectivity index (χ0n) is 15.3. The van der Waals surface area contributed by atoms with Crippen molar-refractivity contribution in [1.29, 1.82) is 5.26 Å². The van der Waals surface area contributed by atoms with Crippen molar-refractivity contribution in [2.45, 2.75) is 6.92 Å². The van der Waals surface area contributed by atoms with Gasteiger partial charge in [-0.15, -0.1) is 0 Å². The second-order valence-electron chi connectivity index (χ2n) is 5.90. The molecule has 1 amide bonds. The second-order valence-corrected chi connectivity index (χ2v) is 5.90. The highest BCUT2D eigenvalue weighted by Crippen LogP contribution is 2.17. The Morgan fingerprint density at radius 1 is 1.29 bits per heavy atom. The fourth-order valence-corrected chi connectivity index (χ4v) is 2.59. The van der Waals surface area contributed by atoms with Crippen molar-refractivity contribution in [1.82, 2.24) is 20.1 Å². The zero-order chi connectivity index (χ0) is 19.9. The van der Waals surface area contributed by atoms with Crippen LogP contribution in [0.4, 0.5) is 0 Å². The Labute approximate surface area is 161 Å². The Morgan fingerprint density at radius 3 is 2.71 bits per heavy atom. The minimum atomic E-state index is -0.274.